The van der Waals surface area contributed by atoms with E-state index in [0.29, 0.717) is 21.5 Å². The lowest BCUT2D eigenvalue weighted by Gasteiger charge is -2.15. The Labute approximate surface area is 189 Å². The van der Waals surface area contributed by atoms with Gasteiger partial charge in [-0.3, -0.25) is 0 Å². The molecular formula is C21H28N6O2S2. The van der Waals surface area contributed by atoms with Crippen molar-refractivity contribution in [2.24, 2.45) is 5.14 Å². The average molecular weight is 461 g/mol. The Hall–Kier alpha value is -2.53. The summed E-state index contributed by atoms with van der Waals surface area (Å²) >= 11 is 1.47. The van der Waals surface area contributed by atoms with Gasteiger partial charge in [0.25, 0.3) is 0 Å². The van der Waals surface area contributed by atoms with Gasteiger partial charge in [-0.15, -0.1) is 11.3 Å². The molecule has 0 radical (unpaired) electrons. The molecule has 31 heavy (non-hydrogen) atoms. The third kappa shape index (κ3) is 6.73. The number of benzene rings is 1. The van der Waals surface area contributed by atoms with E-state index in [-0.39, 0.29) is 6.10 Å². The SMILES string of the molecule is CC(C)Oc1ccc(S(N)=O)cc1Nc1nc(-c2ccc(NCCN(C)C)nc2)cs1. The maximum absolute atomic E-state index is 11.7. The number of anilines is 3. The molecule has 0 spiro atoms. The fourth-order valence-corrected chi connectivity index (χ4v) is 3.89. The first-order valence-corrected chi connectivity index (χ1v) is 12.0. The summed E-state index contributed by atoms with van der Waals surface area (Å²) in [6.45, 7) is 5.67. The van der Waals surface area contributed by atoms with Crippen LogP contribution in [0.4, 0.5) is 16.6 Å². The van der Waals surface area contributed by atoms with Crippen molar-refractivity contribution in [2.45, 2.75) is 24.8 Å². The molecule has 166 valence electrons. The van der Waals surface area contributed by atoms with Gasteiger partial charge in [-0.25, -0.2) is 19.3 Å². The van der Waals surface area contributed by atoms with E-state index in [1.165, 1.54) is 11.3 Å². The summed E-state index contributed by atoms with van der Waals surface area (Å²) in [5, 5.41) is 14.8. The van der Waals surface area contributed by atoms with Crippen molar-refractivity contribution >= 4 is 39.0 Å². The number of hydrogen-bond donors (Lipinski definition) is 3. The number of likely N-dealkylation sites (N-methyl/N-ethyl adjacent to an activating group) is 1. The zero-order chi connectivity index (χ0) is 22.4. The highest BCUT2D eigenvalue weighted by Crippen LogP contribution is 2.33. The van der Waals surface area contributed by atoms with Crippen LogP contribution in [0.3, 0.4) is 0 Å². The van der Waals surface area contributed by atoms with Crippen LogP contribution < -0.4 is 20.5 Å². The molecule has 3 aromatic rings. The predicted molar refractivity (Wildman–Crippen MR) is 128 cm³/mol. The Morgan fingerprint density at radius 1 is 1.26 bits per heavy atom. The number of nitrogens with two attached hydrogens (primary N) is 1. The van der Waals surface area contributed by atoms with Crippen LogP contribution in [-0.4, -0.2) is 52.4 Å². The number of ether oxygens (including phenoxy) is 1. The molecule has 10 heteroatoms. The molecule has 0 amide bonds. The molecular weight excluding hydrogens is 432 g/mol. The molecule has 0 saturated heterocycles. The molecule has 4 N–H and O–H groups in total. The number of thiazole rings is 1. The molecule has 0 aliphatic carbocycles. The van der Waals surface area contributed by atoms with E-state index >= 15 is 0 Å². The van der Waals surface area contributed by atoms with Gasteiger partial charge in [0.15, 0.2) is 5.13 Å². The van der Waals surface area contributed by atoms with Gasteiger partial charge in [-0.1, -0.05) is 0 Å². The lowest BCUT2D eigenvalue weighted by molar-refractivity contribution is 0.243. The molecule has 0 fully saturated rings. The summed E-state index contributed by atoms with van der Waals surface area (Å²) < 4.78 is 17.6. The minimum atomic E-state index is -1.58. The first kappa shape index (κ1) is 23.1. The fraction of sp³-hybridized carbons (Fsp3) is 0.333. The summed E-state index contributed by atoms with van der Waals surface area (Å²) in [4.78, 5) is 11.8. The van der Waals surface area contributed by atoms with Gasteiger partial charge < -0.3 is 20.3 Å². The summed E-state index contributed by atoms with van der Waals surface area (Å²) in [6, 6.07) is 9.14. The van der Waals surface area contributed by atoms with Crippen molar-refractivity contribution in [1.29, 1.82) is 0 Å². The van der Waals surface area contributed by atoms with Crippen molar-refractivity contribution < 1.29 is 8.95 Å². The van der Waals surface area contributed by atoms with Crippen LogP contribution in [0.1, 0.15) is 13.8 Å². The van der Waals surface area contributed by atoms with Gasteiger partial charge in [0.05, 0.1) is 22.4 Å². The second-order valence-electron chi connectivity index (χ2n) is 7.45. The molecule has 1 atom stereocenters. The number of pyridine rings is 1. The molecule has 0 bridgehead atoms. The van der Waals surface area contributed by atoms with Gasteiger partial charge >= 0.3 is 0 Å². The quantitative estimate of drug-likeness (QED) is 0.424. The van der Waals surface area contributed by atoms with Crippen molar-refractivity contribution in [3.63, 3.8) is 0 Å². The number of rotatable bonds is 10. The summed E-state index contributed by atoms with van der Waals surface area (Å²) in [5.41, 5.74) is 2.42. The maximum atomic E-state index is 11.7. The van der Waals surface area contributed by atoms with Crippen LogP contribution in [0.15, 0.2) is 46.8 Å². The Morgan fingerprint density at radius 3 is 2.71 bits per heavy atom. The van der Waals surface area contributed by atoms with Gasteiger partial charge in [-0.05, 0) is 58.3 Å². The Kier molecular flexibility index (Phi) is 7.97. The first-order chi connectivity index (χ1) is 14.8. The normalized spacial score (nSPS) is 12.2. The van der Waals surface area contributed by atoms with Crippen molar-refractivity contribution in [1.82, 2.24) is 14.9 Å². The standard InChI is InChI=1S/C21H28N6O2S2/c1-14(2)29-19-7-6-16(31(22)28)11-17(19)25-21-26-18(13-30-21)15-5-8-20(24-12-15)23-9-10-27(3)4/h5-8,11-14H,9-10,22H2,1-4H3,(H,23,24)(H,25,26). The van der Waals surface area contributed by atoms with Crippen LogP contribution in [0.2, 0.25) is 0 Å². The Morgan fingerprint density at radius 2 is 2.06 bits per heavy atom. The third-order valence-electron chi connectivity index (χ3n) is 4.22. The monoisotopic (exact) mass is 460 g/mol. The summed E-state index contributed by atoms with van der Waals surface area (Å²) in [5.74, 6) is 1.48. The molecule has 0 aliphatic rings. The molecule has 0 saturated carbocycles. The third-order valence-corrected chi connectivity index (χ3v) is 5.69. The zero-order valence-corrected chi connectivity index (χ0v) is 19.7. The molecule has 2 aromatic heterocycles. The minimum Gasteiger partial charge on any atom is -0.489 e. The highest BCUT2D eigenvalue weighted by atomic mass is 32.2. The number of nitrogens with one attached hydrogen (secondary N) is 2. The van der Waals surface area contributed by atoms with E-state index < -0.39 is 11.0 Å². The van der Waals surface area contributed by atoms with E-state index in [4.69, 9.17) is 9.88 Å². The second-order valence-corrected chi connectivity index (χ2v) is 9.37. The molecule has 2 heterocycles. The van der Waals surface area contributed by atoms with E-state index in [1.807, 2.05) is 51.7 Å². The largest absolute Gasteiger partial charge is 0.489 e. The van der Waals surface area contributed by atoms with Gasteiger partial charge in [-0.2, -0.15) is 0 Å². The van der Waals surface area contributed by atoms with Crippen molar-refractivity contribution in [3.8, 4) is 17.0 Å². The molecule has 8 nitrogen and oxygen atoms in total. The van der Waals surface area contributed by atoms with Gasteiger partial charge in [0.2, 0.25) is 0 Å². The molecule has 1 unspecified atom stereocenters. The van der Waals surface area contributed by atoms with Crippen LogP contribution in [0.5, 0.6) is 5.75 Å². The van der Waals surface area contributed by atoms with Crippen molar-refractivity contribution in [2.75, 3.05) is 37.8 Å². The Bertz CT molecular complexity index is 1020. The number of aromatic nitrogens is 2. The van der Waals surface area contributed by atoms with E-state index in [2.05, 4.69) is 25.5 Å². The molecule has 0 aliphatic heterocycles. The lowest BCUT2D eigenvalue weighted by atomic mass is 10.2. The predicted octanol–water partition coefficient (Wildman–Crippen LogP) is 3.69. The van der Waals surface area contributed by atoms with E-state index in [1.54, 1.807) is 18.2 Å². The van der Waals surface area contributed by atoms with Crippen molar-refractivity contribution in [3.05, 3.63) is 41.9 Å². The summed E-state index contributed by atoms with van der Waals surface area (Å²) in [7, 11) is 2.49. The lowest BCUT2D eigenvalue weighted by Crippen LogP contribution is -2.21. The van der Waals surface area contributed by atoms with E-state index in [0.717, 1.165) is 30.2 Å². The highest BCUT2D eigenvalue weighted by Gasteiger charge is 2.12. The number of nitrogens with zero attached hydrogens (tertiary/aromatic N) is 3. The average Bonchev–Trinajstić information content (AvgIpc) is 3.17. The van der Waals surface area contributed by atoms with Crippen LogP contribution >= 0.6 is 11.3 Å². The number of hydrogen-bond acceptors (Lipinski definition) is 8. The molecule has 1 aromatic carbocycles. The van der Waals surface area contributed by atoms with Crippen LogP contribution in [0, 0.1) is 0 Å². The summed E-state index contributed by atoms with van der Waals surface area (Å²) in [6.07, 6.45) is 1.81. The first-order valence-electron chi connectivity index (χ1n) is 9.86. The van der Waals surface area contributed by atoms with E-state index in [9.17, 15) is 4.21 Å². The Balaban J connectivity index is 1.74. The zero-order valence-electron chi connectivity index (χ0n) is 18.1. The second kappa shape index (κ2) is 10.7. The smallest absolute Gasteiger partial charge is 0.187 e. The van der Waals surface area contributed by atoms with Gasteiger partial charge in [0.1, 0.15) is 22.6 Å². The molecule has 3 rings (SSSR count). The van der Waals surface area contributed by atoms with Crippen LogP contribution in [0.25, 0.3) is 11.3 Å². The van der Waals surface area contributed by atoms with Crippen LogP contribution in [-0.2, 0) is 11.0 Å². The van der Waals surface area contributed by atoms with Gasteiger partial charge in [0, 0.05) is 30.2 Å². The topological polar surface area (TPSA) is 105 Å². The highest BCUT2D eigenvalue weighted by molar-refractivity contribution is 7.82. The fourth-order valence-electron chi connectivity index (χ4n) is 2.73. The minimum absolute atomic E-state index is 0.00227. The maximum Gasteiger partial charge on any atom is 0.187 e.